The Kier molecular flexibility index (Phi) is 12.9. The third-order valence-corrected chi connectivity index (χ3v) is 1.11. The van der Waals surface area contributed by atoms with Crippen molar-refractivity contribution in [1.29, 1.82) is 0 Å². The quantitative estimate of drug-likeness (QED) is 0.445. The van der Waals surface area contributed by atoms with Gasteiger partial charge in [-0.3, -0.25) is 0 Å². The molecule has 0 unspecified atom stereocenters. The summed E-state index contributed by atoms with van der Waals surface area (Å²) < 4.78 is 0. The second kappa shape index (κ2) is 10.8. The van der Waals surface area contributed by atoms with E-state index in [4.69, 9.17) is 0 Å². The molecule has 2 heteroatoms. The minimum Gasteiger partial charge on any atom is -0.214 e. The van der Waals surface area contributed by atoms with Crippen LogP contribution in [0.1, 0.15) is 0 Å². The van der Waals surface area contributed by atoms with Gasteiger partial charge in [0.25, 0.3) is 0 Å². The summed E-state index contributed by atoms with van der Waals surface area (Å²) >= 11 is 0. The van der Waals surface area contributed by atoms with Crippen LogP contribution in [0.5, 0.6) is 0 Å². The zero-order valence-corrected chi connectivity index (χ0v) is 8.23. The van der Waals surface area contributed by atoms with Crippen LogP contribution in [-0.4, -0.2) is 18.9 Å². The first-order chi connectivity index (χ1) is 5.00. The number of hydrogen-bond donors (Lipinski definition) is 0. The molecule has 0 saturated heterocycles. The van der Waals surface area contributed by atoms with E-state index in [1.165, 1.54) is 0 Å². The average molecular weight is 193 g/mol. The second-order valence-corrected chi connectivity index (χ2v) is 1.92. The number of rotatable bonds is 0. The van der Waals surface area contributed by atoms with E-state index in [0.29, 0.717) is 0 Å². The molecule has 0 aliphatic heterocycles. The Morgan fingerprint density at radius 3 is 0.917 bits per heavy atom. The van der Waals surface area contributed by atoms with Crippen LogP contribution in [0.4, 0.5) is 0 Å². The van der Waals surface area contributed by atoms with Crippen molar-refractivity contribution in [2.45, 2.75) is 0 Å². The smallest absolute Gasteiger partial charge is 0.214 e. The third-order valence-electron chi connectivity index (χ3n) is 1.11. The fourth-order valence-electron chi connectivity index (χ4n) is 0.642. The van der Waals surface area contributed by atoms with Crippen molar-refractivity contribution < 1.29 is 17.1 Å². The fraction of sp³-hybridized carbons (Fsp3) is 0. The van der Waals surface area contributed by atoms with Crippen LogP contribution in [0, 0.1) is 0 Å². The molecule has 2 rings (SSSR count). The van der Waals surface area contributed by atoms with Gasteiger partial charge in [-0.15, -0.1) is 0 Å². The van der Waals surface area contributed by atoms with E-state index in [-0.39, 0.29) is 35.9 Å². The van der Waals surface area contributed by atoms with E-state index in [9.17, 15) is 0 Å². The Morgan fingerprint density at radius 2 is 0.833 bits per heavy atom. The van der Waals surface area contributed by atoms with Gasteiger partial charge in [-0.25, -0.2) is 24.3 Å². The normalized spacial score (nSPS) is 6.67. The molecular weight excluding hydrogens is 183 g/mol. The van der Waals surface area contributed by atoms with Gasteiger partial charge in [0.05, 0.1) is 0 Å². The van der Waals surface area contributed by atoms with Gasteiger partial charge in [0.15, 0.2) is 0 Å². The number of hydrogen-bond acceptors (Lipinski definition) is 0. The van der Waals surface area contributed by atoms with E-state index in [2.05, 4.69) is 0 Å². The van der Waals surface area contributed by atoms with E-state index >= 15 is 0 Å². The summed E-state index contributed by atoms with van der Waals surface area (Å²) in [6.45, 7) is 0. The van der Waals surface area contributed by atoms with Crippen molar-refractivity contribution in [3.63, 3.8) is 0 Å². The van der Waals surface area contributed by atoms with Gasteiger partial charge in [0.2, 0.25) is 0 Å². The van der Waals surface area contributed by atoms with Crippen LogP contribution in [0.2, 0.25) is 0 Å². The van der Waals surface area contributed by atoms with Crippen molar-refractivity contribution >= 4 is 18.9 Å². The molecular formula is C10H10FeLi. The molecule has 0 heterocycles. The maximum atomic E-state index is 2.00. The molecule has 0 nitrogen and oxygen atoms in total. The minimum absolute atomic E-state index is 0. The Bertz CT molecular complexity index is 149. The molecule has 0 aliphatic rings. The SMILES string of the molecule is [Fe+2].[Li].c1cc[cH-]c1.c1cc[cH-]c1. The molecule has 12 heavy (non-hydrogen) atoms. The monoisotopic (exact) mass is 193 g/mol. The molecule has 0 aliphatic carbocycles. The summed E-state index contributed by atoms with van der Waals surface area (Å²) in [4.78, 5) is 0. The maximum Gasteiger partial charge on any atom is 2.00 e. The summed E-state index contributed by atoms with van der Waals surface area (Å²) in [6, 6.07) is 20.0. The van der Waals surface area contributed by atoms with Crippen molar-refractivity contribution in [2.24, 2.45) is 0 Å². The van der Waals surface area contributed by atoms with Crippen LogP contribution in [0.15, 0.2) is 60.7 Å². The molecule has 0 spiro atoms. The first kappa shape index (κ1) is 14.3. The fourth-order valence-corrected chi connectivity index (χ4v) is 0.642. The second-order valence-electron chi connectivity index (χ2n) is 1.92. The third kappa shape index (κ3) is 7.92. The van der Waals surface area contributed by atoms with E-state index in [0.717, 1.165) is 0 Å². The summed E-state index contributed by atoms with van der Waals surface area (Å²) in [5.74, 6) is 0. The van der Waals surface area contributed by atoms with E-state index < -0.39 is 0 Å². The molecule has 0 bridgehead atoms. The van der Waals surface area contributed by atoms with Gasteiger partial charge in [-0.05, 0) is 0 Å². The van der Waals surface area contributed by atoms with Gasteiger partial charge in [0.1, 0.15) is 0 Å². The van der Waals surface area contributed by atoms with Crippen LogP contribution >= 0.6 is 0 Å². The zero-order chi connectivity index (χ0) is 7.07. The molecule has 1 radical (unpaired) electrons. The summed E-state index contributed by atoms with van der Waals surface area (Å²) in [5.41, 5.74) is 0. The summed E-state index contributed by atoms with van der Waals surface area (Å²) in [7, 11) is 0. The van der Waals surface area contributed by atoms with Crippen molar-refractivity contribution in [1.82, 2.24) is 0 Å². The van der Waals surface area contributed by atoms with Crippen molar-refractivity contribution in [3.8, 4) is 0 Å². The van der Waals surface area contributed by atoms with Crippen LogP contribution in [-0.2, 0) is 17.1 Å². The summed E-state index contributed by atoms with van der Waals surface area (Å²) in [5, 5.41) is 0. The van der Waals surface area contributed by atoms with Gasteiger partial charge in [-0.1, -0.05) is 0 Å². The van der Waals surface area contributed by atoms with Crippen LogP contribution < -0.4 is 0 Å². The minimum atomic E-state index is 0. The standard InChI is InChI=1S/2C5H5.Fe.Li/c2*1-2-4-5-3-1;;/h2*1-5H;;/q2*-1;+2;. The Hall–Kier alpha value is -0.183. The molecule has 0 aromatic heterocycles. The molecule has 0 fully saturated rings. The predicted octanol–water partition coefficient (Wildman–Crippen LogP) is 2.43. The van der Waals surface area contributed by atoms with Crippen molar-refractivity contribution in [2.75, 3.05) is 0 Å². The molecule has 0 N–H and O–H groups in total. The van der Waals surface area contributed by atoms with Crippen LogP contribution in [0.3, 0.4) is 0 Å². The molecule has 2 aromatic carbocycles. The zero-order valence-electron chi connectivity index (χ0n) is 7.13. The topological polar surface area (TPSA) is 0 Å². The van der Waals surface area contributed by atoms with E-state index in [1.807, 2.05) is 60.7 Å². The predicted molar refractivity (Wildman–Crippen MR) is 49.8 cm³/mol. The average Bonchev–Trinajstić information content (AvgIpc) is 2.67. The van der Waals surface area contributed by atoms with Crippen LogP contribution in [0.25, 0.3) is 0 Å². The van der Waals surface area contributed by atoms with E-state index in [1.54, 1.807) is 0 Å². The molecule has 2 aromatic rings. The summed E-state index contributed by atoms with van der Waals surface area (Å²) in [6.07, 6.45) is 0. The molecule has 0 saturated carbocycles. The van der Waals surface area contributed by atoms with Gasteiger partial charge in [-0.2, -0.15) is 36.4 Å². The Morgan fingerprint density at radius 1 is 0.583 bits per heavy atom. The first-order valence-electron chi connectivity index (χ1n) is 3.33. The Labute approximate surface area is 96.4 Å². The van der Waals surface area contributed by atoms with Gasteiger partial charge in [0, 0.05) is 18.9 Å². The largest absolute Gasteiger partial charge is 2.00 e. The van der Waals surface area contributed by atoms with Crippen molar-refractivity contribution in [3.05, 3.63) is 60.7 Å². The van der Waals surface area contributed by atoms with Gasteiger partial charge < -0.3 is 0 Å². The molecule has 59 valence electrons. The first-order valence-corrected chi connectivity index (χ1v) is 3.33. The Balaban J connectivity index is 0. The maximum absolute atomic E-state index is 2.00. The molecule has 0 atom stereocenters. The molecule has 0 amide bonds. The van der Waals surface area contributed by atoms with Gasteiger partial charge >= 0.3 is 17.1 Å².